The van der Waals surface area contributed by atoms with Gasteiger partial charge in [-0.25, -0.2) is 20.0 Å². The number of hydrogen-bond donors (Lipinski definition) is 1. The first-order valence-electron chi connectivity index (χ1n) is 12.0. The average molecular weight is 424 g/mol. The molecular formula is C25H37N5O. The second-order valence-corrected chi connectivity index (χ2v) is 11.3. The molecule has 2 aromatic rings. The molecule has 3 aliphatic rings. The molecule has 6 nitrogen and oxygen atoms in total. The fraction of sp³-hybridized carbons (Fsp3) is 0.720. The van der Waals surface area contributed by atoms with Crippen LogP contribution < -0.4 is 5.06 Å². The van der Waals surface area contributed by atoms with Crippen molar-refractivity contribution in [3.63, 3.8) is 0 Å². The standard InChI is InChI=1S/C25H37N5O/c1-17-7-6-8-19-24(17,4)10-9-18(2)25(19,5)12-11-23(3)13-14-29-16-28-21-20(29)22(30(23)31)27-15-26-21/h15-16,18-19,31H,1,6-14H2,2-5H3/t18-,19+,23+,24+,25+/m0/s1. The van der Waals surface area contributed by atoms with E-state index in [-0.39, 0.29) is 16.4 Å². The largest absolute Gasteiger partial charge is 0.326 e. The molecule has 2 aliphatic carbocycles. The Morgan fingerprint density at radius 3 is 2.74 bits per heavy atom. The Morgan fingerprint density at radius 1 is 1.13 bits per heavy atom. The molecule has 1 N–H and O–H groups in total. The summed E-state index contributed by atoms with van der Waals surface area (Å²) in [4.78, 5) is 13.1. The Morgan fingerprint density at radius 2 is 1.94 bits per heavy atom. The Labute approximate surface area is 185 Å². The highest BCUT2D eigenvalue weighted by Gasteiger charge is 2.54. The number of allylic oxidation sites excluding steroid dienone is 1. The van der Waals surface area contributed by atoms with Crippen molar-refractivity contribution in [2.45, 2.75) is 91.1 Å². The van der Waals surface area contributed by atoms with E-state index < -0.39 is 0 Å². The second-order valence-electron chi connectivity index (χ2n) is 11.3. The van der Waals surface area contributed by atoms with Crippen molar-refractivity contribution in [1.29, 1.82) is 0 Å². The fourth-order valence-electron chi connectivity index (χ4n) is 7.10. The maximum Gasteiger partial charge on any atom is 0.183 e. The maximum atomic E-state index is 11.4. The van der Waals surface area contributed by atoms with Crippen molar-refractivity contribution in [1.82, 2.24) is 19.5 Å². The zero-order chi connectivity index (χ0) is 22.0. The number of imidazole rings is 1. The summed E-state index contributed by atoms with van der Waals surface area (Å²) in [6.45, 7) is 15.0. The Kier molecular flexibility index (Phi) is 4.74. The van der Waals surface area contributed by atoms with Crippen LogP contribution in [0.4, 0.5) is 5.82 Å². The molecule has 6 heteroatoms. The molecule has 31 heavy (non-hydrogen) atoms. The topological polar surface area (TPSA) is 67.1 Å². The van der Waals surface area contributed by atoms with Gasteiger partial charge in [0.25, 0.3) is 0 Å². The van der Waals surface area contributed by atoms with Gasteiger partial charge in [-0.3, -0.25) is 5.21 Å². The molecular weight excluding hydrogens is 386 g/mol. The third-order valence-corrected chi connectivity index (χ3v) is 9.76. The predicted octanol–water partition coefficient (Wildman–Crippen LogP) is 5.76. The van der Waals surface area contributed by atoms with Crippen LogP contribution in [0.5, 0.6) is 0 Å². The summed E-state index contributed by atoms with van der Waals surface area (Å²) in [5.41, 5.74) is 3.11. The summed E-state index contributed by atoms with van der Waals surface area (Å²) in [6, 6.07) is 0. The van der Waals surface area contributed by atoms with Crippen LogP contribution in [-0.2, 0) is 6.54 Å². The van der Waals surface area contributed by atoms with Crippen molar-refractivity contribution in [2.24, 2.45) is 22.7 Å². The van der Waals surface area contributed by atoms with Gasteiger partial charge in [0.2, 0.25) is 0 Å². The van der Waals surface area contributed by atoms with E-state index in [2.05, 4.69) is 53.8 Å². The highest BCUT2D eigenvalue weighted by Crippen LogP contribution is 2.63. The van der Waals surface area contributed by atoms with E-state index in [1.807, 2.05) is 6.33 Å². The van der Waals surface area contributed by atoms with Crippen LogP contribution in [0.15, 0.2) is 24.8 Å². The van der Waals surface area contributed by atoms with Crippen LogP contribution in [0.25, 0.3) is 11.2 Å². The van der Waals surface area contributed by atoms with Gasteiger partial charge in [0, 0.05) is 6.54 Å². The molecule has 3 heterocycles. The molecule has 168 valence electrons. The van der Waals surface area contributed by atoms with Crippen LogP contribution in [0.1, 0.15) is 79.1 Å². The summed E-state index contributed by atoms with van der Waals surface area (Å²) >= 11 is 0. The zero-order valence-corrected chi connectivity index (χ0v) is 19.6. The average Bonchev–Trinajstić information content (AvgIpc) is 3.14. The number of nitrogens with zero attached hydrogens (tertiary/aromatic N) is 5. The van der Waals surface area contributed by atoms with Crippen molar-refractivity contribution < 1.29 is 5.21 Å². The highest BCUT2D eigenvalue weighted by atomic mass is 16.5. The van der Waals surface area contributed by atoms with Gasteiger partial charge in [0.1, 0.15) is 11.8 Å². The van der Waals surface area contributed by atoms with E-state index >= 15 is 0 Å². The number of fused-ring (bicyclic) bond motifs is 1. The minimum Gasteiger partial charge on any atom is -0.326 e. The van der Waals surface area contributed by atoms with Crippen LogP contribution in [0.2, 0.25) is 0 Å². The Bertz CT molecular complexity index is 1020. The first-order valence-corrected chi connectivity index (χ1v) is 12.0. The first kappa shape index (κ1) is 20.9. The van der Waals surface area contributed by atoms with E-state index in [1.165, 1.54) is 49.1 Å². The van der Waals surface area contributed by atoms with Crippen molar-refractivity contribution in [2.75, 3.05) is 5.06 Å². The van der Waals surface area contributed by atoms with Crippen LogP contribution in [0, 0.1) is 22.7 Å². The molecule has 0 amide bonds. The molecule has 2 fully saturated rings. The minimum atomic E-state index is -0.372. The molecule has 0 unspecified atom stereocenters. The normalized spacial score (nSPS) is 38.2. The molecule has 0 aromatic carbocycles. The van der Waals surface area contributed by atoms with Crippen molar-refractivity contribution in [3.05, 3.63) is 24.8 Å². The van der Waals surface area contributed by atoms with Gasteiger partial charge in [-0.05, 0) is 81.0 Å². The number of hydrogen-bond acceptors (Lipinski definition) is 5. The monoisotopic (exact) mass is 423 g/mol. The number of aromatic nitrogens is 4. The second kappa shape index (κ2) is 7.03. The number of anilines is 1. The summed E-state index contributed by atoms with van der Waals surface area (Å²) in [6.07, 6.45) is 12.5. The van der Waals surface area contributed by atoms with Gasteiger partial charge in [0.05, 0.1) is 11.9 Å². The molecule has 1 aliphatic heterocycles. The van der Waals surface area contributed by atoms with Crippen molar-refractivity contribution >= 4 is 17.0 Å². The van der Waals surface area contributed by atoms with E-state index in [0.29, 0.717) is 23.3 Å². The Balaban J connectivity index is 1.44. The van der Waals surface area contributed by atoms with Gasteiger partial charge in [0.15, 0.2) is 11.5 Å². The lowest BCUT2D eigenvalue weighted by atomic mass is 9.46. The predicted molar refractivity (Wildman–Crippen MR) is 123 cm³/mol. The molecule has 0 spiro atoms. The van der Waals surface area contributed by atoms with Crippen molar-refractivity contribution in [3.8, 4) is 0 Å². The van der Waals surface area contributed by atoms with Gasteiger partial charge >= 0.3 is 0 Å². The number of rotatable bonds is 3. The molecule has 5 atom stereocenters. The molecule has 2 saturated carbocycles. The van der Waals surface area contributed by atoms with Crippen LogP contribution >= 0.6 is 0 Å². The molecule has 0 radical (unpaired) electrons. The summed E-state index contributed by atoms with van der Waals surface area (Å²) in [7, 11) is 0. The van der Waals surface area contributed by atoms with Gasteiger partial charge in [-0.2, -0.15) is 0 Å². The van der Waals surface area contributed by atoms with Gasteiger partial charge in [-0.15, -0.1) is 0 Å². The van der Waals surface area contributed by atoms with Crippen LogP contribution in [0.3, 0.4) is 0 Å². The SMILES string of the molecule is C=C1CCC[C@H]2[C@](C)(CC[C@]3(C)CCn4cnc5ncnc(c54)N3O)[C@@H](C)CC[C@]12C. The lowest BCUT2D eigenvalue weighted by Gasteiger charge is -2.59. The van der Waals surface area contributed by atoms with E-state index in [4.69, 9.17) is 0 Å². The smallest absolute Gasteiger partial charge is 0.183 e. The zero-order valence-electron chi connectivity index (χ0n) is 19.6. The van der Waals surface area contributed by atoms with E-state index in [0.717, 1.165) is 31.3 Å². The van der Waals surface area contributed by atoms with Crippen LogP contribution in [-0.4, -0.2) is 30.3 Å². The lowest BCUT2D eigenvalue weighted by Crippen LogP contribution is -2.52. The van der Waals surface area contributed by atoms with Gasteiger partial charge in [-0.1, -0.05) is 32.9 Å². The first-order chi connectivity index (χ1) is 14.7. The maximum absolute atomic E-state index is 11.4. The minimum absolute atomic E-state index is 0.254. The molecule has 0 saturated heterocycles. The summed E-state index contributed by atoms with van der Waals surface area (Å²) in [5, 5.41) is 12.8. The lowest BCUT2D eigenvalue weighted by molar-refractivity contribution is -0.0605. The van der Waals surface area contributed by atoms with Gasteiger partial charge < -0.3 is 4.57 Å². The molecule has 0 bridgehead atoms. The summed E-state index contributed by atoms with van der Waals surface area (Å²) < 4.78 is 2.09. The molecule has 2 aromatic heterocycles. The van der Waals surface area contributed by atoms with E-state index in [9.17, 15) is 5.21 Å². The molecule has 5 rings (SSSR count). The Hall–Kier alpha value is -1.95. The highest BCUT2D eigenvalue weighted by molar-refractivity contribution is 5.83. The van der Waals surface area contributed by atoms with E-state index in [1.54, 1.807) is 0 Å². The quantitative estimate of drug-likeness (QED) is 0.635. The fourth-order valence-corrected chi connectivity index (χ4v) is 7.10. The number of hydroxylamine groups is 1. The summed E-state index contributed by atoms with van der Waals surface area (Å²) in [5.74, 6) is 1.94. The number of aryl methyl sites for hydroxylation is 1. The third kappa shape index (κ3) is 2.97. The third-order valence-electron chi connectivity index (χ3n) is 9.76.